The Hall–Kier alpha value is -2.74. The topological polar surface area (TPSA) is 88.9 Å². The number of ether oxygens (including phenoxy) is 1. The van der Waals surface area contributed by atoms with Crippen molar-refractivity contribution in [2.24, 2.45) is 0 Å². The minimum absolute atomic E-state index is 0.106. The number of likely N-dealkylation sites (tertiary alicyclic amines) is 1. The Kier molecular flexibility index (Phi) is 5.60. The zero-order valence-electron chi connectivity index (χ0n) is 18.2. The van der Waals surface area contributed by atoms with Gasteiger partial charge in [0.1, 0.15) is 11.8 Å². The molecule has 1 atom stereocenters. The lowest BCUT2D eigenvalue weighted by Gasteiger charge is -2.35. The largest absolute Gasteiger partial charge is 0.494 e. The van der Waals surface area contributed by atoms with Gasteiger partial charge in [0.05, 0.1) is 12.1 Å². The van der Waals surface area contributed by atoms with Crippen molar-refractivity contribution in [3.63, 3.8) is 0 Å². The van der Waals surface area contributed by atoms with E-state index < -0.39 is 0 Å². The van der Waals surface area contributed by atoms with Gasteiger partial charge in [-0.1, -0.05) is 6.42 Å². The van der Waals surface area contributed by atoms with Crippen LogP contribution < -0.4 is 10.3 Å². The fourth-order valence-corrected chi connectivity index (χ4v) is 4.18. The second kappa shape index (κ2) is 8.18. The van der Waals surface area contributed by atoms with E-state index in [1.807, 2.05) is 35.9 Å². The highest BCUT2D eigenvalue weighted by Crippen LogP contribution is 2.31. The molecule has 1 aliphatic rings. The molecule has 0 radical (unpaired) electrons. The molecule has 1 saturated heterocycles. The van der Waals surface area contributed by atoms with Gasteiger partial charge in [-0.3, -0.25) is 9.69 Å². The summed E-state index contributed by atoms with van der Waals surface area (Å²) in [4.78, 5) is 18.6. The lowest BCUT2D eigenvalue weighted by molar-refractivity contribution is 0.170. The molecule has 160 valence electrons. The maximum atomic E-state index is 13.2. The van der Waals surface area contributed by atoms with Gasteiger partial charge < -0.3 is 9.72 Å². The van der Waals surface area contributed by atoms with E-state index in [-0.39, 0.29) is 17.1 Å². The predicted octanol–water partition coefficient (Wildman–Crippen LogP) is 3.24. The Bertz CT molecular complexity index is 1080. The number of benzene rings is 1. The summed E-state index contributed by atoms with van der Waals surface area (Å²) in [5.74, 6) is 1.49. The molecule has 0 amide bonds. The van der Waals surface area contributed by atoms with Crippen molar-refractivity contribution >= 4 is 10.9 Å². The van der Waals surface area contributed by atoms with E-state index in [4.69, 9.17) is 4.74 Å². The number of pyridine rings is 1. The minimum Gasteiger partial charge on any atom is -0.494 e. The molecule has 0 unspecified atom stereocenters. The average molecular weight is 411 g/mol. The van der Waals surface area contributed by atoms with Gasteiger partial charge in [-0.15, -0.1) is 5.10 Å². The van der Waals surface area contributed by atoms with E-state index in [9.17, 15) is 4.79 Å². The molecule has 0 spiro atoms. The molecular weight excluding hydrogens is 380 g/mol. The molecule has 3 aromatic rings. The molecule has 1 aromatic carbocycles. The zero-order valence-corrected chi connectivity index (χ0v) is 18.2. The second-order valence-electron chi connectivity index (χ2n) is 8.85. The highest BCUT2D eigenvalue weighted by Gasteiger charge is 2.33. The Labute approximate surface area is 176 Å². The molecule has 0 saturated carbocycles. The first kappa shape index (κ1) is 20.5. The van der Waals surface area contributed by atoms with Gasteiger partial charge in [-0.25, -0.2) is 4.68 Å². The van der Waals surface area contributed by atoms with Crippen molar-refractivity contribution in [1.82, 2.24) is 30.1 Å². The van der Waals surface area contributed by atoms with E-state index in [0.29, 0.717) is 18.0 Å². The van der Waals surface area contributed by atoms with Crippen LogP contribution in [0.2, 0.25) is 0 Å². The first-order chi connectivity index (χ1) is 14.4. The van der Waals surface area contributed by atoms with Gasteiger partial charge in [-0.2, -0.15) is 0 Å². The second-order valence-corrected chi connectivity index (χ2v) is 8.85. The van der Waals surface area contributed by atoms with Gasteiger partial charge in [0.2, 0.25) is 0 Å². The lowest BCUT2D eigenvalue weighted by Crippen LogP contribution is -2.40. The maximum absolute atomic E-state index is 13.2. The monoisotopic (exact) mass is 410 g/mol. The van der Waals surface area contributed by atoms with Gasteiger partial charge in [0.25, 0.3) is 5.56 Å². The van der Waals surface area contributed by atoms with Crippen LogP contribution in [0.25, 0.3) is 10.9 Å². The molecule has 30 heavy (non-hydrogen) atoms. The smallest absolute Gasteiger partial charge is 0.253 e. The molecular formula is C22H30N6O2. The van der Waals surface area contributed by atoms with E-state index in [2.05, 4.69) is 46.2 Å². The SMILES string of the molecule is CCOc1ccc2[nH]c(=O)c([C@H](c3nnnn3C(C)(C)C)N3CCCCC3)cc2c1. The molecule has 1 fully saturated rings. The van der Waals surface area contributed by atoms with Crippen LogP contribution in [0.5, 0.6) is 5.75 Å². The number of rotatable bonds is 5. The number of tetrazole rings is 1. The molecule has 1 N–H and O–H groups in total. The van der Waals surface area contributed by atoms with Crippen LogP contribution in [-0.2, 0) is 5.54 Å². The van der Waals surface area contributed by atoms with E-state index >= 15 is 0 Å². The molecule has 8 heteroatoms. The highest BCUT2D eigenvalue weighted by atomic mass is 16.5. The summed E-state index contributed by atoms with van der Waals surface area (Å²) < 4.78 is 7.50. The summed E-state index contributed by atoms with van der Waals surface area (Å²) in [5, 5.41) is 13.5. The average Bonchev–Trinajstić information content (AvgIpc) is 3.20. The van der Waals surface area contributed by atoms with Crippen LogP contribution in [-0.4, -0.2) is 49.8 Å². The Morgan fingerprint density at radius 3 is 2.63 bits per heavy atom. The Morgan fingerprint density at radius 1 is 1.17 bits per heavy atom. The molecule has 0 bridgehead atoms. The van der Waals surface area contributed by atoms with Crippen LogP contribution in [0.15, 0.2) is 29.1 Å². The van der Waals surface area contributed by atoms with Crippen LogP contribution in [0, 0.1) is 0 Å². The number of nitrogens with zero attached hydrogens (tertiary/aromatic N) is 5. The van der Waals surface area contributed by atoms with Gasteiger partial charge in [-0.05, 0) is 88.3 Å². The third kappa shape index (κ3) is 3.96. The summed E-state index contributed by atoms with van der Waals surface area (Å²) >= 11 is 0. The van der Waals surface area contributed by atoms with Crippen molar-refractivity contribution in [3.8, 4) is 5.75 Å². The lowest BCUT2D eigenvalue weighted by atomic mass is 9.99. The Morgan fingerprint density at radius 2 is 1.93 bits per heavy atom. The first-order valence-electron chi connectivity index (χ1n) is 10.7. The van der Waals surface area contributed by atoms with Crippen LogP contribution in [0.1, 0.15) is 64.4 Å². The van der Waals surface area contributed by atoms with Crippen molar-refractivity contribution in [2.45, 2.75) is 58.5 Å². The van der Waals surface area contributed by atoms with Crippen molar-refractivity contribution in [1.29, 1.82) is 0 Å². The molecule has 8 nitrogen and oxygen atoms in total. The fourth-order valence-electron chi connectivity index (χ4n) is 4.18. The molecule has 2 aromatic heterocycles. The predicted molar refractivity (Wildman–Crippen MR) is 116 cm³/mol. The number of hydrogen-bond acceptors (Lipinski definition) is 6. The van der Waals surface area contributed by atoms with Gasteiger partial charge in [0, 0.05) is 16.5 Å². The van der Waals surface area contributed by atoms with Crippen LogP contribution >= 0.6 is 0 Å². The summed E-state index contributed by atoms with van der Waals surface area (Å²) in [5.41, 5.74) is 1.06. The molecule has 0 aliphatic carbocycles. The zero-order chi connectivity index (χ0) is 21.3. The number of aromatic nitrogens is 5. The van der Waals surface area contributed by atoms with Crippen molar-refractivity contribution < 1.29 is 4.74 Å². The number of nitrogens with one attached hydrogen (secondary N) is 1. The fraction of sp³-hybridized carbons (Fsp3) is 0.545. The van der Waals surface area contributed by atoms with E-state index in [1.165, 1.54) is 6.42 Å². The summed E-state index contributed by atoms with van der Waals surface area (Å²) in [6, 6.07) is 7.41. The first-order valence-corrected chi connectivity index (χ1v) is 10.7. The molecule has 4 rings (SSSR count). The number of fused-ring (bicyclic) bond motifs is 1. The van der Waals surface area contributed by atoms with Gasteiger partial charge in [0.15, 0.2) is 5.82 Å². The van der Waals surface area contributed by atoms with Crippen molar-refractivity contribution in [2.75, 3.05) is 19.7 Å². The number of aromatic amines is 1. The molecule has 3 heterocycles. The van der Waals surface area contributed by atoms with E-state index in [0.717, 1.165) is 42.6 Å². The normalized spacial score (nSPS) is 16.7. The van der Waals surface area contributed by atoms with Crippen molar-refractivity contribution in [3.05, 3.63) is 46.0 Å². The van der Waals surface area contributed by atoms with Gasteiger partial charge >= 0.3 is 0 Å². The quantitative estimate of drug-likeness (QED) is 0.695. The molecule has 1 aliphatic heterocycles. The summed E-state index contributed by atoms with van der Waals surface area (Å²) in [6.45, 7) is 10.6. The Balaban J connectivity index is 1.88. The van der Waals surface area contributed by atoms with Crippen LogP contribution in [0.3, 0.4) is 0 Å². The number of piperidine rings is 1. The number of hydrogen-bond donors (Lipinski definition) is 1. The third-order valence-electron chi connectivity index (χ3n) is 5.58. The highest BCUT2D eigenvalue weighted by molar-refractivity contribution is 5.80. The standard InChI is InChI=1S/C22H30N6O2/c1-5-30-16-9-10-18-15(13-16)14-17(21(29)23-18)19(27-11-7-6-8-12-27)20-24-25-26-28(20)22(2,3)4/h9-10,13-14,19H,5-8,11-12H2,1-4H3,(H,23,29)/t19-/m1/s1. The van der Waals surface area contributed by atoms with E-state index in [1.54, 1.807) is 0 Å². The van der Waals surface area contributed by atoms with Crippen LogP contribution in [0.4, 0.5) is 0 Å². The minimum atomic E-state index is -0.302. The third-order valence-corrected chi connectivity index (χ3v) is 5.58. The summed E-state index contributed by atoms with van der Waals surface area (Å²) in [7, 11) is 0. The number of H-pyrrole nitrogens is 1. The summed E-state index contributed by atoms with van der Waals surface area (Å²) in [6.07, 6.45) is 3.42. The maximum Gasteiger partial charge on any atom is 0.253 e.